The third-order valence-corrected chi connectivity index (χ3v) is 4.40. The largest absolute Gasteiger partial charge is 0.503 e. The molecule has 22 heavy (non-hydrogen) atoms. The zero-order chi connectivity index (χ0) is 15.9. The van der Waals surface area contributed by atoms with Gasteiger partial charge in [-0.15, -0.1) is 0 Å². The SMILES string of the molecule is COCCCn1c(C)cc(=O)c(O)c1CN1CCCCCC1. The van der Waals surface area contributed by atoms with Crippen molar-refractivity contribution in [2.24, 2.45) is 0 Å². The van der Waals surface area contributed by atoms with Gasteiger partial charge in [0.25, 0.3) is 0 Å². The number of rotatable bonds is 6. The summed E-state index contributed by atoms with van der Waals surface area (Å²) in [5.41, 5.74) is 1.39. The number of ether oxygens (including phenoxy) is 1. The molecule has 1 aromatic rings. The van der Waals surface area contributed by atoms with Crippen LogP contribution in [0, 0.1) is 6.92 Å². The minimum absolute atomic E-state index is 0.0905. The monoisotopic (exact) mass is 308 g/mol. The summed E-state index contributed by atoms with van der Waals surface area (Å²) in [6, 6.07) is 1.52. The minimum atomic E-state index is -0.273. The third kappa shape index (κ3) is 4.34. The summed E-state index contributed by atoms with van der Waals surface area (Å²) in [4.78, 5) is 14.3. The fraction of sp³-hybridized carbons (Fsp3) is 0.706. The highest BCUT2D eigenvalue weighted by Gasteiger charge is 2.17. The Kier molecular flexibility index (Phi) is 6.46. The number of aromatic hydroxyl groups is 1. The van der Waals surface area contributed by atoms with Crippen LogP contribution in [0.5, 0.6) is 5.75 Å². The van der Waals surface area contributed by atoms with E-state index < -0.39 is 0 Å². The van der Waals surface area contributed by atoms with Gasteiger partial charge in [0.1, 0.15) is 0 Å². The molecule has 0 bridgehead atoms. The van der Waals surface area contributed by atoms with Gasteiger partial charge in [-0.1, -0.05) is 12.8 Å². The van der Waals surface area contributed by atoms with E-state index in [0.717, 1.165) is 37.4 Å². The molecule has 5 nitrogen and oxygen atoms in total. The van der Waals surface area contributed by atoms with Crippen molar-refractivity contribution in [1.29, 1.82) is 0 Å². The second-order valence-electron chi connectivity index (χ2n) is 6.13. The smallest absolute Gasteiger partial charge is 0.223 e. The van der Waals surface area contributed by atoms with Crippen LogP contribution >= 0.6 is 0 Å². The van der Waals surface area contributed by atoms with Gasteiger partial charge >= 0.3 is 0 Å². The van der Waals surface area contributed by atoms with Crippen LogP contribution in [0.25, 0.3) is 0 Å². The Hall–Kier alpha value is -1.33. The van der Waals surface area contributed by atoms with Crippen molar-refractivity contribution < 1.29 is 9.84 Å². The molecular weight excluding hydrogens is 280 g/mol. The van der Waals surface area contributed by atoms with Crippen LogP contribution in [-0.4, -0.2) is 41.4 Å². The molecule has 0 amide bonds. The summed E-state index contributed by atoms with van der Waals surface area (Å²) >= 11 is 0. The van der Waals surface area contributed by atoms with E-state index in [1.807, 2.05) is 6.92 Å². The van der Waals surface area contributed by atoms with Gasteiger partial charge in [-0.2, -0.15) is 0 Å². The molecule has 0 saturated carbocycles. The van der Waals surface area contributed by atoms with Gasteiger partial charge in [-0.25, -0.2) is 0 Å². The van der Waals surface area contributed by atoms with Crippen LogP contribution in [0.2, 0.25) is 0 Å². The zero-order valence-electron chi connectivity index (χ0n) is 13.8. The molecular formula is C17H28N2O3. The molecule has 0 unspecified atom stereocenters. The van der Waals surface area contributed by atoms with Crippen molar-refractivity contribution in [1.82, 2.24) is 9.47 Å². The summed E-state index contributed by atoms with van der Waals surface area (Å²) in [5.74, 6) is -0.0905. The molecule has 124 valence electrons. The zero-order valence-corrected chi connectivity index (χ0v) is 13.8. The van der Waals surface area contributed by atoms with Crippen LogP contribution in [0.3, 0.4) is 0 Å². The second-order valence-corrected chi connectivity index (χ2v) is 6.13. The minimum Gasteiger partial charge on any atom is -0.503 e. The number of methoxy groups -OCH3 is 1. The molecule has 1 aliphatic rings. The predicted octanol–water partition coefficient (Wildman–Crippen LogP) is 2.27. The first-order valence-corrected chi connectivity index (χ1v) is 8.27. The average molecular weight is 308 g/mol. The molecule has 1 aliphatic heterocycles. The first-order chi connectivity index (χ1) is 10.6. The molecule has 1 fully saturated rings. The van der Waals surface area contributed by atoms with E-state index in [2.05, 4.69) is 9.47 Å². The van der Waals surface area contributed by atoms with E-state index in [4.69, 9.17) is 4.74 Å². The maximum Gasteiger partial charge on any atom is 0.223 e. The Labute approximate surface area is 132 Å². The number of aromatic nitrogens is 1. The summed E-state index contributed by atoms with van der Waals surface area (Å²) in [6.07, 6.45) is 5.81. The maximum absolute atomic E-state index is 11.9. The number of hydrogen-bond donors (Lipinski definition) is 1. The number of aryl methyl sites for hydroxylation is 1. The van der Waals surface area contributed by atoms with Gasteiger partial charge in [0, 0.05) is 38.6 Å². The van der Waals surface area contributed by atoms with Crippen LogP contribution < -0.4 is 5.43 Å². The first kappa shape index (κ1) is 17.0. The van der Waals surface area contributed by atoms with Gasteiger partial charge in [0.05, 0.1) is 5.69 Å². The lowest BCUT2D eigenvalue weighted by atomic mass is 10.2. The Bertz CT molecular complexity index is 531. The van der Waals surface area contributed by atoms with Gasteiger partial charge in [0.2, 0.25) is 5.43 Å². The lowest BCUT2D eigenvalue weighted by Crippen LogP contribution is -2.28. The molecule has 5 heteroatoms. The highest BCUT2D eigenvalue weighted by Crippen LogP contribution is 2.20. The van der Waals surface area contributed by atoms with Gasteiger partial charge in [-0.05, 0) is 39.3 Å². The van der Waals surface area contributed by atoms with E-state index in [9.17, 15) is 9.90 Å². The van der Waals surface area contributed by atoms with Crippen molar-refractivity contribution in [3.8, 4) is 5.75 Å². The molecule has 0 radical (unpaired) electrons. The van der Waals surface area contributed by atoms with Gasteiger partial charge in [0.15, 0.2) is 5.75 Å². The molecule has 0 aliphatic carbocycles. The van der Waals surface area contributed by atoms with Crippen molar-refractivity contribution in [2.45, 2.75) is 52.1 Å². The molecule has 2 heterocycles. The van der Waals surface area contributed by atoms with Crippen LogP contribution in [0.4, 0.5) is 0 Å². The summed E-state index contributed by atoms with van der Waals surface area (Å²) in [5, 5.41) is 10.3. The van der Waals surface area contributed by atoms with Crippen LogP contribution in [-0.2, 0) is 17.8 Å². The van der Waals surface area contributed by atoms with Crippen molar-refractivity contribution >= 4 is 0 Å². The van der Waals surface area contributed by atoms with E-state index >= 15 is 0 Å². The molecule has 1 saturated heterocycles. The van der Waals surface area contributed by atoms with Crippen molar-refractivity contribution in [3.05, 3.63) is 27.7 Å². The number of hydrogen-bond acceptors (Lipinski definition) is 4. The summed E-state index contributed by atoms with van der Waals surface area (Å²) < 4.78 is 7.19. The van der Waals surface area contributed by atoms with Gasteiger partial charge < -0.3 is 14.4 Å². The summed E-state index contributed by atoms with van der Waals surface area (Å²) in [6.45, 7) is 6.10. The number of pyridine rings is 1. The Morgan fingerprint density at radius 2 is 1.91 bits per heavy atom. The standard InChI is InChI=1S/C17H28N2O3/c1-14-12-16(20)17(21)15(19(14)10-7-11-22-2)13-18-8-5-3-4-6-9-18/h12,21H,3-11,13H2,1-2H3. The molecule has 1 aromatic heterocycles. The molecule has 2 rings (SSSR count). The Morgan fingerprint density at radius 1 is 1.23 bits per heavy atom. The second kappa shape index (κ2) is 8.34. The molecule has 0 atom stereocenters. The molecule has 1 N–H and O–H groups in total. The fourth-order valence-corrected chi connectivity index (χ4v) is 3.16. The average Bonchev–Trinajstić information content (AvgIpc) is 2.76. The van der Waals surface area contributed by atoms with Crippen LogP contribution in [0.15, 0.2) is 10.9 Å². The maximum atomic E-state index is 11.9. The highest BCUT2D eigenvalue weighted by atomic mass is 16.5. The van der Waals surface area contributed by atoms with Crippen LogP contribution in [0.1, 0.15) is 43.5 Å². The third-order valence-electron chi connectivity index (χ3n) is 4.40. The lowest BCUT2D eigenvalue weighted by molar-refractivity contribution is 0.188. The normalized spacial score (nSPS) is 16.6. The van der Waals surface area contributed by atoms with E-state index in [0.29, 0.717) is 13.2 Å². The highest BCUT2D eigenvalue weighted by molar-refractivity contribution is 5.29. The Balaban J connectivity index is 2.23. The van der Waals surface area contributed by atoms with Crippen molar-refractivity contribution in [3.63, 3.8) is 0 Å². The predicted molar refractivity (Wildman–Crippen MR) is 87.3 cm³/mol. The van der Waals surface area contributed by atoms with Gasteiger partial charge in [-0.3, -0.25) is 9.69 Å². The quantitative estimate of drug-likeness (QED) is 0.819. The first-order valence-electron chi connectivity index (χ1n) is 8.27. The fourth-order valence-electron chi connectivity index (χ4n) is 3.16. The van der Waals surface area contributed by atoms with E-state index in [1.165, 1.54) is 31.7 Å². The van der Waals surface area contributed by atoms with E-state index in [-0.39, 0.29) is 11.2 Å². The van der Waals surface area contributed by atoms with Crippen molar-refractivity contribution in [2.75, 3.05) is 26.8 Å². The number of nitrogens with zero attached hydrogens (tertiary/aromatic N) is 2. The molecule has 0 spiro atoms. The number of likely N-dealkylation sites (tertiary alicyclic amines) is 1. The lowest BCUT2D eigenvalue weighted by Gasteiger charge is -2.24. The topological polar surface area (TPSA) is 54.7 Å². The molecule has 0 aromatic carbocycles. The van der Waals surface area contributed by atoms with E-state index in [1.54, 1.807) is 7.11 Å². The Morgan fingerprint density at radius 3 is 2.55 bits per heavy atom. The summed E-state index contributed by atoms with van der Waals surface area (Å²) in [7, 11) is 1.69.